The van der Waals surface area contributed by atoms with Gasteiger partial charge in [-0.2, -0.15) is 13.2 Å². The zero-order chi connectivity index (χ0) is 12.7. The van der Waals surface area contributed by atoms with E-state index in [1.54, 1.807) is 6.07 Å². The summed E-state index contributed by atoms with van der Waals surface area (Å²) in [4.78, 5) is 0. The van der Waals surface area contributed by atoms with Crippen LogP contribution in [0, 0.1) is 0 Å². The second-order valence-corrected chi connectivity index (χ2v) is 3.60. The third-order valence-electron chi connectivity index (χ3n) is 2.45. The maximum atomic E-state index is 12.6. The third kappa shape index (κ3) is 1.82. The van der Waals surface area contributed by atoms with Gasteiger partial charge in [0.05, 0.1) is 12.1 Å². The third-order valence-corrected chi connectivity index (χ3v) is 2.45. The quantitative estimate of drug-likeness (QED) is 0.543. The first-order valence-electron chi connectivity index (χ1n) is 4.66. The van der Waals surface area contributed by atoms with Crippen LogP contribution in [-0.2, 0) is 0 Å². The Labute approximate surface area is 93.9 Å². The van der Waals surface area contributed by atoms with E-state index in [4.69, 9.17) is 5.21 Å². The number of benzene rings is 1. The molecule has 1 aromatic carbocycles. The summed E-state index contributed by atoms with van der Waals surface area (Å²) in [6, 6.07) is 5.72. The first-order valence-corrected chi connectivity index (χ1v) is 4.66. The summed E-state index contributed by atoms with van der Waals surface area (Å²) in [6.07, 6.45) is -5.93. The molecule has 17 heavy (non-hydrogen) atoms. The molecule has 7 heteroatoms. The fourth-order valence-electron chi connectivity index (χ4n) is 1.58. The summed E-state index contributed by atoms with van der Waals surface area (Å²) < 4.78 is 42.4. The highest BCUT2D eigenvalue weighted by molar-refractivity contribution is 6.03. The number of aliphatic hydroxyl groups is 1. The Morgan fingerprint density at radius 3 is 2.53 bits per heavy atom. The number of hydrogen-bond donors (Lipinski definition) is 2. The number of hydrogen-bond acceptors (Lipinski definition) is 4. The summed E-state index contributed by atoms with van der Waals surface area (Å²) in [5, 5.41) is 20.9. The van der Waals surface area contributed by atoms with E-state index in [-0.39, 0.29) is 17.0 Å². The van der Waals surface area contributed by atoms with Gasteiger partial charge in [-0.3, -0.25) is 0 Å². The van der Waals surface area contributed by atoms with Gasteiger partial charge in [-0.05, 0) is 12.1 Å². The van der Waals surface area contributed by atoms with Gasteiger partial charge in [-0.1, -0.05) is 17.3 Å². The average Bonchev–Trinajstić information content (AvgIpc) is 2.26. The molecule has 92 valence electrons. The maximum Gasteiger partial charge on any atom is 0.455 e. The fourth-order valence-corrected chi connectivity index (χ4v) is 1.58. The first kappa shape index (κ1) is 11.7. The number of ether oxygens (including phenoxy) is 1. The van der Waals surface area contributed by atoms with Crippen LogP contribution < -0.4 is 4.74 Å². The number of oxime groups is 1. The summed E-state index contributed by atoms with van der Waals surface area (Å²) in [6.45, 7) is 0. The molecule has 0 spiro atoms. The van der Waals surface area contributed by atoms with Crippen molar-refractivity contribution >= 4 is 5.71 Å². The van der Waals surface area contributed by atoms with E-state index in [9.17, 15) is 18.3 Å². The lowest BCUT2D eigenvalue weighted by Crippen LogP contribution is -2.53. The van der Waals surface area contributed by atoms with Gasteiger partial charge in [-0.25, -0.2) is 0 Å². The molecule has 0 amide bonds. The normalized spacial score (nSPS) is 26.5. The number of alkyl halides is 3. The molecule has 1 heterocycles. The van der Waals surface area contributed by atoms with Crippen molar-refractivity contribution in [3.8, 4) is 5.75 Å². The lowest BCUT2D eigenvalue weighted by atomic mass is 9.97. The Bertz CT molecular complexity index is 472. The Morgan fingerprint density at radius 1 is 1.29 bits per heavy atom. The van der Waals surface area contributed by atoms with Crippen molar-refractivity contribution in [2.75, 3.05) is 0 Å². The van der Waals surface area contributed by atoms with Gasteiger partial charge in [0, 0.05) is 5.56 Å². The van der Waals surface area contributed by atoms with Crippen molar-refractivity contribution in [1.82, 2.24) is 0 Å². The van der Waals surface area contributed by atoms with Gasteiger partial charge in [-0.15, -0.1) is 0 Å². The van der Waals surface area contributed by atoms with Crippen molar-refractivity contribution in [2.45, 2.75) is 18.4 Å². The van der Waals surface area contributed by atoms with Crippen molar-refractivity contribution in [2.24, 2.45) is 5.16 Å². The van der Waals surface area contributed by atoms with E-state index in [0.717, 1.165) is 0 Å². The topological polar surface area (TPSA) is 62.1 Å². The van der Waals surface area contributed by atoms with Crippen LogP contribution in [0.15, 0.2) is 29.4 Å². The van der Waals surface area contributed by atoms with Crippen LogP contribution in [0.4, 0.5) is 13.2 Å². The molecule has 1 atom stereocenters. The molecule has 0 saturated carbocycles. The highest BCUT2D eigenvalue weighted by Gasteiger charge is 2.59. The Balaban J connectivity index is 2.51. The second kappa shape index (κ2) is 3.63. The van der Waals surface area contributed by atoms with Gasteiger partial charge in [0.2, 0.25) is 0 Å². The van der Waals surface area contributed by atoms with Gasteiger partial charge >= 0.3 is 12.0 Å². The molecule has 0 saturated heterocycles. The number of fused-ring (bicyclic) bond motifs is 1. The molecule has 2 rings (SSSR count). The smallest absolute Gasteiger partial charge is 0.452 e. The molecule has 4 nitrogen and oxygen atoms in total. The maximum absolute atomic E-state index is 12.6. The van der Waals surface area contributed by atoms with E-state index in [1.807, 2.05) is 0 Å². The zero-order valence-electron chi connectivity index (χ0n) is 8.40. The Kier molecular flexibility index (Phi) is 2.50. The van der Waals surface area contributed by atoms with Gasteiger partial charge in [0.1, 0.15) is 5.75 Å². The van der Waals surface area contributed by atoms with Crippen molar-refractivity contribution in [3.05, 3.63) is 29.8 Å². The number of halogens is 3. The minimum atomic E-state index is -4.98. The van der Waals surface area contributed by atoms with Crippen molar-refractivity contribution < 1.29 is 28.2 Å². The van der Waals surface area contributed by atoms with Crippen molar-refractivity contribution in [3.63, 3.8) is 0 Å². The largest absolute Gasteiger partial charge is 0.455 e. The highest BCUT2D eigenvalue weighted by atomic mass is 19.4. The highest BCUT2D eigenvalue weighted by Crippen LogP contribution is 2.41. The summed E-state index contributed by atoms with van der Waals surface area (Å²) >= 11 is 0. The lowest BCUT2D eigenvalue weighted by molar-refractivity contribution is -0.333. The molecule has 0 radical (unpaired) electrons. The second-order valence-electron chi connectivity index (χ2n) is 3.60. The molecule has 1 unspecified atom stereocenters. The van der Waals surface area contributed by atoms with E-state index < -0.39 is 18.4 Å². The van der Waals surface area contributed by atoms with Crippen LogP contribution >= 0.6 is 0 Å². The molecule has 1 aliphatic rings. The SMILES string of the molecule is O/N=C1/CC(O)(C(F)(F)F)Oc2ccccc21. The first-order chi connectivity index (χ1) is 7.87. The van der Waals surface area contributed by atoms with E-state index in [2.05, 4.69) is 9.89 Å². The summed E-state index contributed by atoms with van der Waals surface area (Å²) in [7, 11) is 0. The standard InChI is InChI=1S/C10H8F3NO3/c11-10(12,13)9(15)5-7(14-16)6-3-1-2-4-8(6)17-9/h1-4,15-16H,5H2/b14-7-. The number of rotatable bonds is 0. The monoisotopic (exact) mass is 247 g/mol. The zero-order valence-corrected chi connectivity index (χ0v) is 8.40. The minimum Gasteiger partial charge on any atom is -0.452 e. The summed E-state index contributed by atoms with van der Waals surface area (Å²) in [5.41, 5.74) is -0.0457. The lowest BCUT2D eigenvalue weighted by Gasteiger charge is -2.35. The molecule has 1 aromatic rings. The Hall–Kier alpha value is -1.76. The van der Waals surface area contributed by atoms with Crippen LogP contribution in [0.1, 0.15) is 12.0 Å². The number of nitrogens with zero attached hydrogens (tertiary/aromatic N) is 1. The molecule has 0 aliphatic carbocycles. The predicted octanol–water partition coefficient (Wildman–Crippen LogP) is 1.90. The van der Waals surface area contributed by atoms with E-state index in [1.165, 1.54) is 18.2 Å². The van der Waals surface area contributed by atoms with Crippen LogP contribution in [0.3, 0.4) is 0 Å². The van der Waals surface area contributed by atoms with Gasteiger partial charge in [0.25, 0.3) is 0 Å². The van der Waals surface area contributed by atoms with E-state index >= 15 is 0 Å². The van der Waals surface area contributed by atoms with Gasteiger partial charge < -0.3 is 15.1 Å². The molecular formula is C10H8F3NO3. The molecule has 0 aromatic heterocycles. The molecule has 0 bridgehead atoms. The molecule has 0 fully saturated rings. The van der Waals surface area contributed by atoms with Crippen LogP contribution in [0.2, 0.25) is 0 Å². The molecule has 2 N–H and O–H groups in total. The van der Waals surface area contributed by atoms with Gasteiger partial charge in [0.15, 0.2) is 0 Å². The van der Waals surface area contributed by atoms with E-state index in [0.29, 0.717) is 0 Å². The van der Waals surface area contributed by atoms with Crippen LogP contribution in [0.5, 0.6) is 5.75 Å². The van der Waals surface area contributed by atoms with Crippen LogP contribution in [0.25, 0.3) is 0 Å². The molecular weight excluding hydrogens is 239 g/mol. The predicted molar refractivity (Wildman–Crippen MR) is 51.0 cm³/mol. The number of para-hydroxylation sites is 1. The Morgan fingerprint density at radius 2 is 1.94 bits per heavy atom. The fraction of sp³-hybridized carbons (Fsp3) is 0.300. The van der Waals surface area contributed by atoms with Crippen LogP contribution in [-0.4, -0.2) is 28.0 Å². The summed E-state index contributed by atoms with van der Waals surface area (Å²) in [5.74, 6) is -3.53. The minimum absolute atomic E-state index is 0.175. The average molecular weight is 247 g/mol. The van der Waals surface area contributed by atoms with Crippen molar-refractivity contribution in [1.29, 1.82) is 0 Å². The molecule has 1 aliphatic heterocycles.